The Morgan fingerprint density at radius 1 is 0.643 bits per heavy atom. The molecule has 56 heavy (non-hydrogen) atoms. The fourth-order valence-corrected chi connectivity index (χ4v) is 10.2. The molecule has 1 aliphatic carbocycles. The molecule has 0 bridgehead atoms. The Morgan fingerprint density at radius 3 is 1.70 bits per heavy atom. The van der Waals surface area contributed by atoms with Crippen LogP contribution in [0.15, 0.2) is 0 Å². The quantitative estimate of drug-likeness (QED) is 0.0382. The van der Waals surface area contributed by atoms with Gasteiger partial charge in [0, 0.05) is 36.7 Å². The molecule has 0 spiro atoms. The number of ether oxygens (including phenoxy) is 2. The maximum absolute atomic E-state index is 12.0. The van der Waals surface area contributed by atoms with Crippen LogP contribution in [0.2, 0.25) is 0 Å². The molecule has 0 aromatic rings. The number of carbonyl (C=O) groups excluding carboxylic acids is 6. The number of piperidine rings is 1. The van der Waals surface area contributed by atoms with Gasteiger partial charge in [0.1, 0.15) is 33.9 Å². The lowest BCUT2D eigenvalue weighted by atomic mass is 9.83. The van der Waals surface area contributed by atoms with Gasteiger partial charge >= 0.3 is 11.9 Å². The highest BCUT2D eigenvalue weighted by Gasteiger charge is 2.30. The van der Waals surface area contributed by atoms with Crippen molar-refractivity contribution in [3.63, 3.8) is 0 Å². The average Bonchev–Trinajstić information content (AvgIpc) is 3.79. The van der Waals surface area contributed by atoms with Crippen LogP contribution in [-0.2, 0) is 38.2 Å². The number of nitriles is 2. The Labute approximate surface area is 343 Å². The highest BCUT2D eigenvalue weighted by molar-refractivity contribution is 8.04. The molecule has 4 fully saturated rings. The van der Waals surface area contributed by atoms with E-state index in [2.05, 4.69) is 16.1 Å². The molecule has 312 valence electrons. The van der Waals surface area contributed by atoms with E-state index in [-0.39, 0.29) is 72.6 Å². The first kappa shape index (κ1) is 47.6. The number of thioether (sulfide) groups is 2. The molecule has 0 aromatic carbocycles. The van der Waals surface area contributed by atoms with Gasteiger partial charge in [-0.1, -0.05) is 51.4 Å². The van der Waals surface area contributed by atoms with Crippen LogP contribution in [0.5, 0.6) is 0 Å². The zero-order chi connectivity index (χ0) is 40.4. The zero-order valence-corrected chi connectivity index (χ0v) is 35.1. The average molecular weight is 816 g/mol. The minimum Gasteiger partial charge on any atom is -0.465 e. The Morgan fingerprint density at radius 2 is 1.18 bits per heavy atom. The molecule has 4 atom stereocenters. The molecule has 0 aromatic heterocycles. The molecule has 3 aliphatic heterocycles. The molecule has 1 N–H and O–H groups in total. The number of Topliss-reactive ketones (excluding diaryl/α,β-unsaturated/α-hetero) is 4. The number of nitrogens with zero attached hydrogens (tertiary/aromatic N) is 2. The molecule has 13 heteroatoms. The molecule has 1 saturated carbocycles. The summed E-state index contributed by atoms with van der Waals surface area (Å²) in [5.41, 5.74) is 0. The predicted molar refractivity (Wildman–Crippen MR) is 218 cm³/mol. The van der Waals surface area contributed by atoms with E-state index in [9.17, 15) is 28.8 Å². The number of esters is 2. The number of unbranched alkanes of at least 4 members (excludes halogenated alkanes) is 5. The Hall–Kier alpha value is -2.74. The molecule has 4 unspecified atom stereocenters. The van der Waals surface area contributed by atoms with Crippen molar-refractivity contribution in [1.82, 2.24) is 5.32 Å². The van der Waals surface area contributed by atoms with Crippen molar-refractivity contribution in [1.29, 1.82) is 10.5 Å². The summed E-state index contributed by atoms with van der Waals surface area (Å²) in [6, 6.07) is 0. The maximum Gasteiger partial charge on any atom is 0.309 e. The number of hydrogen-bond acceptors (Lipinski definition) is 13. The molecular formula is C43H65N3O8S2. The monoisotopic (exact) mass is 815 g/mol. The summed E-state index contributed by atoms with van der Waals surface area (Å²) >= 11 is 2.81. The number of nitrogens with one attached hydrogen (secondary N) is 1. The van der Waals surface area contributed by atoms with E-state index in [1.165, 1.54) is 68.5 Å². The van der Waals surface area contributed by atoms with Crippen LogP contribution < -0.4 is 5.32 Å². The Kier molecular flexibility index (Phi) is 24.3. The van der Waals surface area contributed by atoms with Gasteiger partial charge in [0.25, 0.3) is 0 Å². The second-order valence-corrected chi connectivity index (χ2v) is 18.0. The lowest BCUT2D eigenvalue weighted by molar-refractivity contribution is -0.143. The topological polar surface area (TPSA) is 180 Å². The highest BCUT2D eigenvalue weighted by atomic mass is 32.2. The lowest BCUT2D eigenvalue weighted by Crippen LogP contribution is -2.32. The van der Waals surface area contributed by atoms with Crippen molar-refractivity contribution in [2.24, 2.45) is 29.6 Å². The standard InChI is InChI=1S/C22H33NO4S.C21H32N2O4S/c23-16-28-21(17-8-4-3-5-9-17)11-7-2-1-6-10-19(24)15-20(25)14-18-12-13-27-22(18)26;22-15-28-14-18(16-6-9-23-10-7-16)4-2-1-3-5-19(24)13-20(25)12-17-8-11-27-21(17)26/h17-18,21H,1-15H2;16-18,23H,1-14H2. The summed E-state index contributed by atoms with van der Waals surface area (Å²) in [6.45, 7) is 2.91. The van der Waals surface area contributed by atoms with Crippen molar-refractivity contribution >= 4 is 58.6 Å². The van der Waals surface area contributed by atoms with Crippen LogP contribution in [-0.4, -0.2) is 72.4 Å². The van der Waals surface area contributed by atoms with Crippen LogP contribution in [0.4, 0.5) is 0 Å². The van der Waals surface area contributed by atoms with Crippen LogP contribution in [0, 0.1) is 50.9 Å². The fourth-order valence-electron chi connectivity index (χ4n) is 8.56. The molecule has 4 rings (SSSR count). The van der Waals surface area contributed by atoms with Crippen molar-refractivity contribution in [2.45, 2.75) is 159 Å². The number of carbonyl (C=O) groups is 6. The van der Waals surface area contributed by atoms with Gasteiger partial charge < -0.3 is 14.8 Å². The van der Waals surface area contributed by atoms with Crippen LogP contribution in [0.1, 0.15) is 154 Å². The number of cyclic esters (lactones) is 2. The molecule has 11 nitrogen and oxygen atoms in total. The van der Waals surface area contributed by atoms with Gasteiger partial charge in [0.2, 0.25) is 0 Å². The molecular weight excluding hydrogens is 751 g/mol. The molecule has 3 saturated heterocycles. The third-order valence-electron chi connectivity index (χ3n) is 11.8. The molecule has 0 amide bonds. The third-order valence-corrected chi connectivity index (χ3v) is 13.6. The van der Waals surface area contributed by atoms with Gasteiger partial charge in [-0.3, -0.25) is 28.8 Å². The van der Waals surface area contributed by atoms with E-state index in [1.807, 2.05) is 0 Å². The van der Waals surface area contributed by atoms with Gasteiger partial charge in [0.15, 0.2) is 0 Å². The normalized spacial score (nSPS) is 21.1. The van der Waals surface area contributed by atoms with E-state index in [0.717, 1.165) is 76.6 Å². The summed E-state index contributed by atoms with van der Waals surface area (Å²) in [5.74, 6) is 1.25. The largest absolute Gasteiger partial charge is 0.465 e. The minimum atomic E-state index is -0.349. The smallest absolute Gasteiger partial charge is 0.309 e. The van der Waals surface area contributed by atoms with Gasteiger partial charge in [-0.15, -0.1) is 0 Å². The molecule has 0 radical (unpaired) electrons. The number of ketones is 4. The molecule has 4 aliphatic rings. The first-order chi connectivity index (χ1) is 27.2. The highest BCUT2D eigenvalue weighted by Crippen LogP contribution is 2.35. The molecule has 3 heterocycles. The summed E-state index contributed by atoms with van der Waals surface area (Å²) in [5, 5.41) is 26.3. The second kappa shape index (κ2) is 28.6. The maximum atomic E-state index is 12.0. The zero-order valence-electron chi connectivity index (χ0n) is 33.4. The van der Waals surface area contributed by atoms with Crippen molar-refractivity contribution < 1.29 is 38.2 Å². The van der Waals surface area contributed by atoms with Crippen LogP contribution in [0.25, 0.3) is 0 Å². The van der Waals surface area contributed by atoms with Gasteiger partial charge in [-0.2, -0.15) is 10.5 Å². The Balaban J connectivity index is 0.000000300. The van der Waals surface area contributed by atoms with E-state index in [1.54, 1.807) is 0 Å². The van der Waals surface area contributed by atoms with Gasteiger partial charge in [0.05, 0.1) is 37.9 Å². The number of hydrogen-bond donors (Lipinski definition) is 1. The summed E-state index contributed by atoms with van der Waals surface area (Å²) in [4.78, 5) is 70.6. The SMILES string of the molecule is N#CSC(CCCCCCC(=O)CC(=O)CC1CCOC1=O)C1CCCCC1.N#CSCC(CCCCCC(=O)CC(=O)CC1CCOC1=O)C1CCNCC1. The van der Waals surface area contributed by atoms with Gasteiger partial charge in [-0.05, 0) is 119 Å². The minimum absolute atomic E-state index is 0.0171. The third kappa shape index (κ3) is 19.6. The lowest BCUT2D eigenvalue weighted by Gasteiger charge is -2.30. The fraction of sp³-hybridized carbons (Fsp3) is 0.814. The van der Waals surface area contributed by atoms with Crippen LogP contribution in [0.3, 0.4) is 0 Å². The first-order valence-corrected chi connectivity index (χ1v) is 23.2. The summed E-state index contributed by atoms with van der Waals surface area (Å²) < 4.78 is 9.70. The van der Waals surface area contributed by atoms with Crippen molar-refractivity contribution in [3.05, 3.63) is 0 Å². The van der Waals surface area contributed by atoms with Crippen molar-refractivity contribution in [2.75, 3.05) is 32.1 Å². The number of rotatable bonds is 26. The van der Waals surface area contributed by atoms with E-state index in [4.69, 9.17) is 20.0 Å². The second-order valence-electron chi connectivity index (χ2n) is 16.2. The van der Waals surface area contributed by atoms with E-state index in [0.29, 0.717) is 61.9 Å². The summed E-state index contributed by atoms with van der Waals surface area (Å²) in [6.07, 6.45) is 20.1. The Bertz CT molecular complexity index is 1330. The van der Waals surface area contributed by atoms with Crippen molar-refractivity contribution in [3.8, 4) is 10.8 Å². The van der Waals surface area contributed by atoms with Gasteiger partial charge in [-0.25, -0.2) is 0 Å². The van der Waals surface area contributed by atoms with Crippen LogP contribution >= 0.6 is 23.5 Å². The van der Waals surface area contributed by atoms with E-state index >= 15 is 0 Å². The number of thiocyanates is 2. The predicted octanol–water partition coefficient (Wildman–Crippen LogP) is 8.22. The summed E-state index contributed by atoms with van der Waals surface area (Å²) in [7, 11) is 0. The first-order valence-electron chi connectivity index (χ1n) is 21.4. The van der Waals surface area contributed by atoms with E-state index < -0.39 is 0 Å².